The van der Waals surface area contributed by atoms with Gasteiger partial charge in [0.15, 0.2) is 0 Å². The van der Waals surface area contributed by atoms with Gasteiger partial charge >= 0.3 is 6.03 Å². The lowest BCUT2D eigenvalue weighted by atomic mass is 9.99. The standard InChI is InChI=1S/C25H31Cl2N3O6S/c1-34-19-4-6-23(35-2)24(16-19)37(32,33)28-25(31)30-11-7-17(8-12-30)29-13-9-18(10-14-29)36-20-3-5-21(26)22(27)15-20/h3-6,15-18H,7-14H2,1-2H3,(H,28,31). The highest BCUT2D eigenvalue weighted by Gasteiger charge is 2.32. The largest absolute Gasteiger partial charge is 0.497 e. The lowest BCUT2D eigenvalue weighted by Crippen LogP contribution is -2.52. The SMILES string of the molecule is COc1ccc(OC)c(S(=O)(=O)NC(=O)N2CCC(N3CCC(Oc4ccc(Cl)c(Cl)c4)CC3)CC2)c1. The lowest BCUT2D eigenvalue weighted by Gasteiger charge is -2.41. The summed E-state index contributed by atoms with van der Waals surface area (Å²) in [5, 5.41) is 0.976. The number of piperidine rings is 2. The second-order valence-electron chi connectivity index (χ2n) is 9.07. The fourth-order valence-electron chi connectivity index (χ4n) is 4.76. The molecule has 0 aliphatic carbocycles. The fourth-order valence-corrected chi connectivity index (χ4v) is 6.21. The van der Waals surface area contributed by atoms with E-state index in [1.165, 1.54) is 26.4 Å². The fraction of sp³-hybridized carbons (Fsp3) is 0.480. The maximum atomic E-state index is 12.9. The van der Waals surface area contributed by atoms with Crippen LogP contribution in [0.5, 0.6) is 17.2 Å². The van der Waals surface area contributed by atoms with Gasteiger partial charge < -0.3 is 19.1 Å². The van der Waals surface area contributed by atoms with Crippen LogP contribution in [-0.4, -0.2) is 76.8 Å². The Morgan fingerprint density at radius 1 is 0.892 bits per heavy atom. The zero-order valence-electron chi connectivity index (χ0n) is 20.8. The van der Waals surface area contributed by atoms with E-state index in [4.69, 9.17) is 37.4 Å². The topological polar surface area (TPSA) is 97.4 Å². The number of sulfonamides is 1. The Labute approximate surface area is 227 Å². The predicted molar refractivity (Wildman–Crippen MR) is 142 cm³/mol. The second kappa shape index (κ2) is 12.0. The molecular weight excluding hydrogens is 541 g/mol. The van der Waals surface area contributed by atoms with Gasteiger partial charge in [-0.2, -0.15) is 0 Å². The van der Waals surface area contributed by atoms with Gasteiger partial charge in [-0.3, -0.25) is 4.90 Å². The summed E-state index contributed by atoms with van der Waals surface area (Å²) in [6.07, 6.45) is 3.43. The molecule has 0 spiro atoms. The number of rotatable bonds is 7. The molecule has 202 valence electrons. The van der Waals surface area contributed by atoms with Gasteiger partial charge in [0.05, 0.1) is 24.3 Å². The Hall–Kier alpha value is -2.40. The molecule has 0 bridgehead atoms. The summed E-state index contributed by atoms with van der Waals surface area (Å²) in [7, 11) is -1.33. The number of methoxy groups -OCH3 is 2. The van der Waals surface area contributed by atoms with Crippen molar-refractivity contribution in [3.05, 3.63) is 46.4 Å². The van der Waals surface area contributed by atoms with Crippen LogP contribution in [0.4, 0.5) is 4.79 Å². The number of hydrogen-bond acceptors (Lipinski definition) is 7. The monoisotopic (exact) mass is 571 g/mol. The Morgan fingerprint density at radius 2 is 1.57 bits per heavy atom. The number of benzene rings is 2. The molecule has 12 heteroatoms. The highest BCUT2D eigenvalue weighted by molar-refractivity contribution is 7.90. The average molecular weight is 573 g/mol. The van der Waals surface area contributed by atoms with Gasteiger partial charge in [0.1, 0.15) is 28.2 Å². The first-order valence-electron chi connectivity index (χ1n) is 12.1. The minimum Gasteiger partial charge on any atom is -0.497 e. The zero-order valence-corrected chi connectivity index (χ0v) is 23.1. The quantitative estimate of drug-likeness (QED) is 0.525. The summed E-state index contributed by atoms with van der Waals surface area (Å²) in [5.41, 5.74) is 0. The van der Waals surface area contributed by atoms with Crippen molar-refractivity contribution < 1.29 is 27.4 Å². The zero-order chi connectivity index (χ0) is 26.6. The minimum atomic E-state index is -4.14. The normalized spacial score (nSPS) is 17.9. The molecule has 2 aromatic rings. The minimum absolute atomic E-state index is 0.109. The highest BCUT2D eigenvalue weighted by atomic mass is 35.5. The van der Waals surface area contributed by atoms with Crippen LogP contribution in [0, 0.1) is 0 Å². The van der Waals surface area contributed by atoms with Gasteiger partial charge in [0.2, 0.25) is 0 Å². The van der Waals surface area contributed by atoms with Gasteiger partial charge in [-0.1, -0.05) is 23.2 Å². The van der Waals surface area contributed by atoms with Crippen molar-refractivity contribution in [3.63, 3.8) is 0 Å². The van der Waals surface area contributed by atoms with Gasteiger partial charge in [0, 0.05) is 44.4 Å². The van der Waals surface area contributed by atoms with Crippen LogP contribution in [0.1, 0.15) is 25.7 Å². The third kappa shape index (κ3) is 6.73. The van der Waals surface area contributed by atoms with Crippen molar-refractivity contribution in [2.24, 2.45) is 0 Å². The molecule has 0 unspecified atom stereocenters. The van der Waals surface area contributed by atoms with Crippen molar-refractivity contribution in [2.45, 2.75) is 42.7 Å². The number of likely N-dealkylation sites (tertiary alicyclic amines) is 2. The first-order valence-corrected chi connectivity index (χ1v) is 14.3. The Balaban J connectivity index is 1.26. The molecule has 37 heavy (non-hydrogen) atoms. The van der Waals surface area contributed by atoms with E-state index in [2.05, 4.69) is 9.62 Å². The first-order chi connectivity index (χ1) is 17.7. The molecule has 4 rings (SSSR count). The molecule has 9 nitrogen and oxygen atoms in total. The van der Waals surface area contributed by atoms with E-state index >= 15 is 0 Å². The second-order valence-corrected chi connectivity index (χ2v) is 11.5. The molecule has 0 radical (unpaired) electrons. The van der Waals surface area contributed by atoms with E-state index in [1.54, 1.807) is 23.1 Å². The Kier molecular flexibility index (Phi) is 8.94. The van der Waals surface area contributed by atoms with Crippen molar-refractivity contribution in [1.29, 1.82) is 0 Å². The number of nitrogens with one attached hydrogen (secondary N) is 1. The molecule has 2 fully saturated rings. The summed E-state index contributed by atoms with van der Waals surface area (Å²) in [5.74, 6) is 1.20. The summed E-state index contributed by atoms with van der Waals surface area (Å²) in [4.78, 5) is 16.6. The average Bonchev–Trinajstić information content (AvgIpc) is 2.90. The van der Waals surface area contributed by atoms with Crippen LogP contribution in [0.15, 0.2) is 41.3 Å². The van der Waals surface area contributed by atoms with Crippen molar-refractivity contribution >= 4 is 39.3 Å². The van der Waals surface area contributed by atoms with Crippen molar-refractivity contribution in [3.8, 4) is 17.2 Å². The predicted octanol–water partition coefficient (Wildman–Crippen LogP) is 4.42. The van der Waals surface area contributed by atoms with Crippen LogP contribution in [0.2, 0.25) is 10.0 Å². The van der Waals surface area contributed by atoms with E-state index in [9.17, 15) is 13.2 Å². The van der Waals surface area contributed by atoms with E-state index in [0.29, 0.717) is 40.7 Å². The van der Waals surface area contributed by atoms with E-state index in [0.717, 1.165) is 38.8 Å². The third-order valence-electron chi connectivity index (χ3n) is 6.82. The molecule has 0 saturated carbocycles. The van der Waals surface area contributed by atoms with E-state index < -0.39 is 16.1 Å². The van der Waals surface area contributed by atoms with Crippen LogP contribution < -0.4 is 18.9 Å². The van der Waals surface area contributed by atoms with Crippen molar-refractivity contribution in [1.82, 2.24) is 14.5 Å². The summed E-state index contributed by atoms with van der Waals surface area (Å²) in [6.45, 7) is 2.74. The number of carbonyl (C=O) groups excluding carboxylic acids is 1. The maximum Gasteiger partial charge on any atom is 0.331 e. The molecule has 1 N–H and O–H groups in total. The van der Waals surface area contributed by atoms with Gasteiger partial charge in [0.25, 0.3) is 10.0 Å². The van der Waals surface area contributed by atoms with Gasteiger partial charge in [-0.15, -0.1) is 0 Å². The maximum absolute atomic E-state index is 12.9. The number of urea groups is 1. The number of ether oxygens (including phenoxy) is 3. The van der Waals surface area contributed by atoms with E-state index in [1.807, 2.05) is 6.07 Å². The number of halogens is 2. The molecule has 0 aromatic heterocycles. The highest BCUT2D eigenvalue weighted by Crippen LogP contribution is 2.30. The van der Waals surface area contributed by atoms with Crippen molar-refractivity contribution in [2.75, 3.05) is 40.4 Å². The van der Waals surface area contributed by atoms with Gasteiger partial charge in [-0.25, -0.2) is 17.9 Å². The summed E-state index contributed by atoms with van der Waals surface area (Å²) in [6, 6.07) is 9.40. The molecule has 2 saturated heterocycles. The molecule has 2 aromatic carbocycles. The molecule has 2 heterocycles. The first kappa shape index (κ1) is 27.6. The summed E-state index contributed by atoms with van der Waals surface area (Å²) >= 11 is 12.1. The number of amides is 2. The smallest absolute Gasteiger partial charge is 0.331 e. The van der Waals surface area contributed by atoms with Gasteiger partial charge in [-0.05, 0) is 49.9 Å². The Bertz CT molecular complexity index is 1210. The Morgan fingerprint density at radius 3 is 2.19 bits per heavy atom. The molecule has 0 atom stereocenters. The van der Waals surface area contributed by atoms with Crippen LogP contribution >= 0.6 is 23.2 Å². The molecule has 2 amide bonds. The van der Waals surface area contributed by atoms with Crippen LogP contribution in [-0.2, 0) is 10.0 Å². The number of nitrogens with zero attached hydrogens (tertiary/aromatic N) is 2. The molecular formula is C25H31Cl2N3O6S. The number of carbonyl (C=O) groups is 1. The lowest BCUT2D eigenvalue weighted by molar-refractivity contribution is 0.0540. The summed E-state index contributed by atoms with van der Waals surface area (Å²) < 4.78 is 44.4. The van der Waals surface area contributed by atoms with Crippen LogP contribution in [0.25, 0.3) is 0 Å². The number of hydrogen-bond donors (Lipinski definition) is 1. The van der Waals surface area contributed by atoms with Crippen LogP contribution in [0.3, 0.4) is 0 Å². The molecule has 2 aliphatic heterocycles. The van der Waals surface area contributed by atoms with E-state index in [-0.39, 0.29) is 16.7 Å². The third-order valence-corrected chi connectivity index (χ3v) is 8.90. The molecule has 2 aliphatic rings.